The van der Waals surface area contributed by atoms with E-state index >= 15 is 0 Å². The van der Waals surface area contributed by atoms with Crippen LogP contribution < -0.4 is 0 Å². The third-order valence-corrected chi connectivity index (χ3v) is 3.79. The van der Waals surface area contributed by atoms with Crippen LogP contribution >= 0.6 is 27.5 Å². The van der Waals surface area contributed by atoms with Crippen LogP contribution in [0.15, 0.2) is 34.8 Å². The first kappa shape index (κ1) is 15.3. The molecule has 0 aliphatic rings. The maximum Gasteiger partial charge on any atom is 0.137 e. The topological polar surface area (TPSA) is 0 Å². The van der Waals surface area contributed by atoms with Gasteiger partial charge >= 0.3 is 0 Å². The molecule has 0 saturated heterocycles. The summed E-state index contributed by atoms with van der Waals surface area (Å²) < 4.78 is 53.4. The second-order valence-corrected chi connectivity index (χ2v) is 5.58. The van der Waals surface area contributed by atoms with Gasteiger partial charge < -0.3 is 0 Å². The van der Waals surface area contributed by atoms with Crippen molar-refractivity contribution in [2.75, 3.05) is 0 Å². The van der Waals surface area contributed by atoms with Crippen LogP contribution in [0.1, 0.15) is 16.5 Å². The Labute approximate surface area is 126 Å². The Bertz CT molecular complexity index is 645. The smallest absolute Gasteiger partial charge is 0.137 e. The van der Waals surface area contributed by atoms with E-state index in [-0.39, 0.29) is 22.0 Å². The molecule has 0 aliphatic heterocycles. The van der Waals surface area contributed by atoms with Crippen molar-refractivity contribution in [3.63, 3.8) is 0 Å². The molecule has 1 atom stereocenters. The minimum Gasteiger partial charge on any atom is -0.207 e. The van der Waals surface area contributed by atoms with Gasteiger partial charge in [-0.1, -0.05) is 6.07 Å². The fourth-order valence-corrected chi connectivity index (χ4v) is 2.42. The molecule has 2 aromatic rings. The lowest BCUT2D eigenvalue weighted by atomic mass is 10.0. The lowest BCUT2D eigenvalue weighted by molar-refractivity contribution is 0.562. The van der Waals surface area contributed by atoms with Gasteiger partial charge in [0, 0.05) is 11.6 Å². The van der Waals surface area contributed by atoms with Crippen molar-refractivity contribution in [3.05, 3.63) is 69.2 Å². The molecule has 106 valence electrons. The Morgan fingerprint density at radius 1 is 0.950 bits per heavy atom. The van der Waals surface area contributed by atoms with Crippen molar-refractivity contribution in [2.24, 2.45) is 0 Å². The Hall–Kier alpha value is -1.07. The first-order valence-electron chi connectivity index (χ1n) is 5.61. The SMILES string of the molecule is Fc1ccc(CC(Cl)c2cc(F)c(Br)cc2F)c(F)c1. The minimum atomic E-state index is -0.961. The number of halogens is 6. The highest BCUT2D eigenvalue weighted by molar-refractivity contribution is 9.10. The third-order valence-electron chi connectivity index (χ3n) is 2.79. The van der Waals surface area contributed by atoms with E-state index < -0.39 is 28.6 Å². The van der Waals surface area contributed by atoms with Gasteiger partial charge in [-0.3, -0.25) is 0 Å². The van der Waals surface area contributed by atoms with Crippen LogP contribution in [0.2, 0.25) is 0 Å². The predicted octanol–water partition coefficient (Wildman–Crippen LogP) is 5.53. The molecule has 0 N–H and O–H groups in total. The van der Waals surface area contributed by atoms with Crippen molar-refractivity contribution >= 4 is 27.5 Å². The lowest BCUT2D eigenvalue weighted by Gasteiger charge is -2.12. The molecule has 6 heteroatoms. The zero-order valence-electron chi connectivity index (χ0n) is 9.94. The molecule has 1 unspecified atom stereocenters. The number of benzene rings is 2. The van der Waals surface area contributed by atoms with Crippen molar-refractivity contribution in [1.29, 1.82) is 0 Å². The monoisotopic (exact) mass is 366 g/mol. The molecule has 0 saturated carbocycles. The molecule has 0 aromatic heterocycles. The summed E-state index contributed by atoms with van der Waals surface area (Å²) in [7, 11) is 0. The highest BCUT2D eigenvalue weighted by Gasteiger charge is 2.18. The zero-order chi connectivity index (χ0) is 14.9. The first-order chi connectivity index (χ1) is 9.38. The number of hydrogen-bond donors (Lipinski definition) is 0. The third kappa shape index (κ3) is 3.33. The number of alkyl halides is 1. The van der Waals surface area contributed by atoms with Crippen LogP contribution in [0.3, 0.4) is 0 Å². The molecular weight excluding hydrogens is 360 g/mol. The summed E-state index contributed by atoms with van der Waals surface area (Å²) in [6.07, 6.45) is -0.0777. The molecule has 0 fully saturated rings. The van der Waals surface area contributed by atoms with E-state index in [0.29, 0.717) is 0 Å². The van der Waals surface area contributed by atoms with Crippen molar-refractivity contribution in [2.45, 2.75) is 11.8 Å². The standard InChI is InChI=1S/C14H8BrClF4/c15-10-6-13(19)9(5-14(10)20)11(16)3-7-1-2-8(17)4-12(7)18/h1-2,4-6,11H,3H2. The van der Waals surface area contributed by atoms with Gasteiger partial charge in [0.1, 0.15) is 23.3 Å². The van der Waals surface area contributed by atoms with E-state index in [0.717, 1.165) is 24.3 Å². The number of rotatable bonds is 3. The van der Waals surface area contributed by atoms with Gasteiger partial charge in [0.25, 0.3) is 0 Å². The fraction of sp³-hybridized carbons (Fsp3) is 0.143. The second-order valence-electron chi connectivity index (χ2n) is 4.20. The molecule has 2 rings (SSSR count). The summed E-state index contributed by atoms with van der Waals surface area (Å²) in [5, 5.41) is -0.961. The molecule has 0 spiro atoms. The quantitative estimate of drug-likeness (QED) is 0.380. The molecule has 20 heavy (non-hydrogen) atoms. The number of hydrogen-bond acceptors (Lipinski definition) is 0. The Kier molecular flexibility index (Phi) is 4.70. The largest absolute Gasteiger partial charge is 0.207 e. The molecule has 2 aromatic carbocycles. The maximum absolute atomic E-state index is 13.7. The van der Waals surface area contributed by atoms with Crippen LogP contribution in [-0.4, -0.2) is 0 Å². The summed E-state index contributed by atoms with van der Waals surface area (Å²) in [4.78, 5) is 0. The Balaban J connectivity index is 2.28. The average Bonchev–Trinajstić information content (AvgIpc) is 2.37. The van der Waals surface area contributed by atoms with E-state index in [1.165, 1.54) is 6.07 Å². The van der Waals surface area contributed by atoms with E-state index in [2.05, 4.69) is 15.9 Å². The molecule has 0 heterocycles. The Morgan fingerprint density at radius 3 is 2.30 bits per heavy atom. The molecular formula is C14H8BrClF4. The van der Waals surface area contributed by atoms with Crippen LogP contribution in [0, 0.1) is 23.3 Å². The predicted molar refractivity (Wildman–Crippen MR) is 72.7 cm³/mol. The van der Waals surface area contributed by atoms with Gasteiger partial charge in [-0.15, -0.1) is 11.6 Å². The molecule has 0 radical (unpaired) electrons. The van der Waals surface area contributed by atoms with Gasteiger partial charge in [-0.2, -0.15) is 0 Å². The van der Waals surface area contributed by atoms with Gasteiger partial charge in [-0.05, 0) is 46.1 Å². The molecule has 0 aliphatic carbocycles. The first-order valence-corrected chi connectivity index (χ1v) is 6.84. The van der Waals surface area contributed by atoms with Crippen molar-refractivity contribution in [1.82, 2.24) is 0 Å². The van der Waals surface area contributed by atoms with E-state index in [1.54, 1.807) is 0 Å². The minimum absolute atomic E-state index is 0.0180. The second kappa shape index (κ2) is 6.14. The summed E-state index contributed by atoms with van der Waals surface area (Å²) in [5.41, 5.74) is 0.0604. The van der Waals surface area contributed by atoms with Crippen molar-refractivity contribution in [3.8, 4) is 0 Å². The summed E-state index contributed by atoms with van der Waals surface area (Å²) in [6, 6.07) is 4.95. The molecule has 0 nitrogen and oxygen atoms in total. The normalized spacial score (nSPS) is 12.5. The van der Waals surface area contributed by atoms with Crippen LogP contribution in [0.4, 0.5) is 17.6 Å². The van der Waals surface area contributed by atoms with E-state index in [9.17, 15) is 17.6 Å². The average molecular weight is 368 g/mol. The summed E-state index contributed by atoms with van der Waals surface area (Å²) >= 11 is 8.86. The van der Waals surface area contributed by atoms with Crippen LogP contribution in [0.25, 0.3) is 0 Å². The Morgan fingerprint density at radius 2 is 1.65 bits per heavy atom. The fourth-order valence-electron chi connectivity index (χ4n) is 1.77. The van der Waals surface area contributed by atoms with E-state index in [4.69, 9.17) is 11.6 Å². The van der Waals surface area contributed by atoms with Crippen molar-refractivity contribution < 1.29 is 17.6 Å². The summed E-state index contributed by atoms with van der Waals surface area (Å²) in [6.45, 7) is 0. The van der Waals surface area contributed by atoms with Crippen LogP contribution in [0.5, 0.6) is 0 Å². The molecule has 0 bridgehead atoms. The van der Waals surface area contributed by atoms with Gasteiger partial charge in [0.15, 0.2) is 0 Å². The highest BCUT2D eigenvalue weighted by atomic mass is 79.9. The van der Waals surface area contributed by atoms with E-state index in [1.807, 2.05) is 0 Å². The maximum atomic E-state index is 13.7. The zero-order valence-corrected chi connectivity index (χ0v) is 12.3. The van der Waals surface area contributed by atoms with Gasteiger partial charge in [0.2, 0.25) is 0 Å². The highest BCUT2D eigenvalue weighted by Crippen LogP contribution is 2.31. The lowest BCUT2D eigenvalue weighted by Crippen LogP contribution is -2.02. The van der Waals surface area contributed by atoms with Gasteiger partial charge in [-0.25, -0.2) is 17.6 Å². The van der Waals surface area contributed by atoms with Gasteiger partial charge in [0.05, 0.1) is 9.85 Å². The van der Waals surface area contributed by atoms with Crippen LogP contribution in [-0.2, 0) is 6.42 Å². The summed E-state index contributed by atoms with van der Waals surface area (Å²) in [5.74, 6) is -2.83. The molecule has 0 amide bonds.